The van der Waals surface area contributed by atoms with Gasteiger partial charge in [0.2, 0.25) is 0 Å². The summed E-state index contributed by atoms with van der Waals surface area (Å²) in [7, 11) is -2.65. The normalized spacial score (nSPS) is 10.8. The van der Waals surface area contributed by atoms with E-state index < -0.39 is 21.8 Å². The molecule has 0 radical (unpaired) electrons. The van der Waals surface area contributed by atoms with Crippen molar-refractivity contribution in [2.45, 2.75) is 0 Å². The topological polar surface area (TPSA) is 107 Å². The zero-order valence-electron chi connectivity index (χ0n) is 12.7. The molecule has 0 fully saturated rings. The lowest BCUT2D eigenvalue weighted by molar-refractivity contribution is 0.0997. The molecular weight excluding hydrogens is 337 g/mol. The van der Waals surface area contributed by atoms with Gasteiger partial charge in [-0.2, -0.15) is 8.42 Å². The maximum atomic E-state index is 12.6. The fourth-order valence-corrected chi connectivity index (χ4v) is 1.93. The van der Waals surface area contributed by atoms with Gasteiger partial charge < -0.3 is 10.5 Å². The van der Waals surface area contributed by atoms with Crippen LogP contribution in [0.2, 0.25) is 0 Å². The Kier molecular flexibility index (Phi) is 7.09. The number of hydrogen-bond acceptors (Lipinski definition) is 4. The highest BCUT2D eigenvalue weighted by Crippen LogP contribution is 2.18. The molecule has 24 heavy (non-hydrogen) atoms. The monoisotopic (exact) mass is 353 g/mol. The van der Waals surface area contributed by atoms with Crippen LogP contribution in [0, 0.1) is 5.82 Å². The van der Waals surface area contributed by atoms with Crippen molar-refractivity contribution in [3.05, 3.63) is 70.9 Å². The molecule has 0 aliphatic heterocycles. The van der Waals surface area contributed by atoms with Crippen LogP contribution < -0.4 is 10.5 Å². The molecule has 128 valence electrons. The molecule has 2 aromatic carbocycles. The zero-order valence-corrected chi connectivity index (χ0v) is 13.5. The number of halogens is 1. The maximum absolute atomic E-state index is 12.6. The number of carbonyl (C=O) groups is 1. The van der Waals surface area contributed by atoms with Crippen molar-refractivity contribution in [2.75, 3.05) is 7.11 Å². The number of methoxy groups -OCH3 is 1. The summed E-state index contributed by atoms with van der Waals surface area (Å²) >= 11 is 0. The number of rotatable bonds is 4. The maximum Gasteiger partial charge on any atom is 0.287 e. The van der Waals surface area contributed by atoms with Gasteiger partial charge in [0.05, 0.1) is 18.1 Å². The minimum atomic E-state index is -4.00. The summed E-state index contributed by atoms with van der Waals surface area (Å²) in [6, 6.07) is 12.4. The van der Waals surface area contributed by atoms with E-state index in [4.69, 9.17) is 15.0 Å². The first-order valence-corrected chi connectivity index (χ1v) is 8.07. The molecule has 0 aliphatic rings. The fourth-order valence-electron chi connectivity index (χ4n) is 1.60. The second-order valence-electron chi connectivity index (χ2n) is 4.44. The summed E-state index contributed by atoms with van der Waals surface area (Å²) in [6.45, 7) is 0. The van der Waals surface area contributed by atoms with Gasteiger partial charge in [0.1, 0.15) is 11.6 Å². The van der Waals surface area contributed by atoms with Crippen molar-refractivity contribution < 1.29 is 26.9 Å². The van der Waals surface area contributed by atoms with Crippen LogP contribution in [-0.4, -0.2) is 26.0 Å². The summed E-state index contributed by atoms with van der Waals surface area (Å²) in [5, 5.41) is 0.752. The third-order valence-electron chi connectivity index (χ3n) is 2.66. The predicted molar refractivity (Wildman–Crippen MR) is 88.5 cm³/mol. The van der Waals surface area contributed by atoms with E-state index in [-0.39, 0.29) is 11.3 Å². The number of benzene rings is 2. The lowest BCUT2D eigenvalue weighted by Gasteiger charge is -2.03. The highest BCUT2D eigenvalue weighted by molar-refractivity contribution is 7.88. The Labute approximate surface area is 139 Å². The molecule has 1 amide bonds. The number of carbonyl (C=O) groups excluding carboxylic acids is 1. The van der Waals surface area contributed by atoms with Crippen molar-refractivity contribution in [1.82, 2.24) is 0 Å². The van der Waals surface area contributed by atoms with Crippen LogP contribution in [0.25, 0.3) is 6.08 Å². The molecule has 0 aliphatic carbocycles. The SMILES string of the molecule is COc1cc(F)ccc1C(N)=O.O=S(=O)(O)/C=C/c1ccccc1. The van der Waals surface area contributed by atoms with Crippen molar-refractivity contribution in [1.29, 1.82) is 0 Å². The Morgan fingerprint density at radius 2 is 1.83 bits per heavy atom. The highest BCUT2D eigenvalue weighted by Gasteiger charge is 2.08. The van der Waals surface area contributed by atoms with Gasteiger partial charge in [0, 0.05) is 6.07 Å². The van der Waals surface area contributed by atoms with Gasteiger partial charge in [-0.25, -0.2) is 4.39 Å². The number of primary amides is 1. The lowest BCUT2D eigenvalue weighted by atomic mass is 10.2. The quantitative estimate of drug-likeness (QED) is 0.821. The van der Waals surface area contributed by atoms with Crippen LogP contribution in [0.3, 0.4) is 0 Å². The Balaban J connectivity index is 0.000000240. The summed E-state index contributed by atoms with van der Waals surface area (Å²) in [5.74, 6) is -0.939. The molecule has 2 rings (SSSR count). The lowest BCUT2D eigenvalue weighted by Crippen LogP contribution is -2.12. The fraction of sp³-hybridized carbons (Fsp3) is 0.0625. The largest absolute Gasteiger partial charge is 0.496 e. The van der Waals surface area contributed by atoms with Crippen LogP contribution in [0.15, 0.2) is 53.9 Å². The van der Waals surface area contributed by atoms with E-state index in [2.05, 4.69) is 0 Å². The minimum Gasteiger partial charge on any atom is -0.496 e. The second kappa shape index (κ2) is 8.80. The Morgan fingerprint density at radius 1 is 1.21 bits per heavy atom. The van der Waals surface area contributed by atoms with Crippen LogP contribution >= 0.6 is 0 Å². The van der Waals surface area contributed by atoms with E-state index in [0.29, 0.717) is 0 Å². The molecule has 0 saturated carbocycles. The summed E-state index contributed by atoms with van der Waals surface area (Å²) in [5.41, 5.74) is 5.91. The Hall–Kier alpha value is -2.71. The molecule has 0 atom stereocenters. The number of amides is 1. The van der Waals surface area contributed by atoms with Crippen molar-refractivity contribution in [3.8, 4) is 5.75 Å². The highest BCUT2D eigenvalue weighted by atomic mass is 32.2. The molecule has 3 N–H and O–H groups in total. The van der Waals surface area contributed by atoms with Crippen LogP contribution in [0.4, 0.5) is 4.39 Å². The van der Waals surface area contributed by atoms with Gasteiger partial charge in [-0.1, -0.05) is 30.3 Å². The zero-order chi connectivity index (χ0) is 18.2. The smallest absolute Gasteiger partial charge is 0.287 e. The first-order chi connectivity index (χ1) is 11.2. The first-order valence-electron chi connectivity index (χ1n) is 6.57. The molecule has 6 nitrogen and oxygen atoms in total. The van der Waals surface area contributed by atoms with Gasteiger partial charge in [-0.15, -0.1) is 0 Å². The molecule has 8 heteroatoms. The van der Waals surface area contributed by atoms with E-state index in [1.165, 1.54) is 19.3 Å². The average Bonchev–Trinajstić information content (AvgIpc) is 2.53. The molecule has 2 aromatic rings. The van der Waals surface area contributed by atoms with Crippen LogP contribution in [-0.2, 0) is 10.1 Å². The Morgan fingerprint density at radius 3 is 2.33 bits per heavy atom. The average molecular weight is 353 g/mol. The van der Waals surface area contributed by atoms with E-state index in [0.717, 1.165) is 23.1 Å². The van der Waals surface area contributed by atoms with Gasteiger partial charge in [0.25, 0.3) is 16.0 Å². The second-order valence-corrected chi connectivity index (χ2v) is 5.74. The van der Waals surface area contributed by atoms with E-state index in [1.807, 2.05) is 6.07 Å². The molecule has 0 unspecified atom stereocenters. The van der Waals surface area contributed by atoms with Gasteiger partial charge in [-0.05, 0) is 23.8 Å². The van der Waals surface area contributed by atoms with E-state index in [1.54, 1.807) is 24.3 Å². The molecule has 0 heterocycles. The van der Waals surface area contributed by atoms with E-state index in [9.17, 15) is 17.6 Å². The van der Waals surface area contributed by atoms with Crippen LogP contribution in [0.5, 0.6) is 5.75 Å². The summed E-state index contributed by atoms with van der Waals surface area (Å²) < 4.78 is 46.2. The molecule has 0 saturated heterocycles. The Bertz CT molecular complexity index is 820. The summed E-state index contributed by atoms with van der Waals surface area (Å²) in [6.07, 6.45) is 1.33. The van der Waals surface area contributed by atoms with Crippen molar-refractivity contribution in [2.24, 2.45) is 5.73 Å². The number of ether oxygens (including phenoxy) is 1. The van der Waals surface area contributed by atoms with Crippen LogP contribution in [0.1, 0.15) is 15.9 Å². The predicted octanol–water partition coefficient (Wildman–Crippen LogP) is 2.48. The molecule has 0 spiro atoms. The molecular formula is C16H16FNO5S. The number of nitrogens with two attached hydrogens (primary N) is 1. The standard InChI is InChI=1S/C8H8FNO2.C8H8O3S/c1-12-7-4-5(9)2-3-6(7)8(10)11;9-12(10,11)7-6-8-4-2-1-3-5-8/h2-4H,1H3,(H2,10,11);1-7H,(H,9,10,11)/b;7-6+. The first kappa shape index (κ1) is 19.3. The van der Waals surface area contributed by atoms with E-state index >= 15 is 0 Å². The van der Waals surface area contributed by atoms with Crippen molar-refractivity contribution in [3.63, 3.8) is 0 Å². The third kappa shape index (κ3) is 7.03. The minimum absolute atomic E-state index is 0.155. The van der Waals surface area contributed by atoms with Gasteiger partial charge in [-0.3, -0.25) is 9.35 Å². The van der Waals surface area contributed by atoms with Gasteiger partial charge >= 0.3 is 0 Å². The summed E-state index contributed by atoms with van der Waals surface area (Å²) in [4.78, 5) is 10.7. The third-order valence-corrected chi connectivity index (χ3v) is 3.14. The molecule has 0 aromatic heterocycles. The van der Waals surface area contributed by atoms with Crippen molar-refractivity contribution >= 4 is 22.1 Å². The van der Waals surface area contributed by atoms with Gasteiger partial charge in [0.15, 0.2) is 0 Å². The molecule has 0 bridgehead atoms. The number of hydrogen-bond donors (Lipinski definition) is 2.